The molecular weight excluding hydrogens is 274 g/mol. The van der Waals surface area contributed by atoms with Gasteiger partial charge in [0.1, 0.15) is 0 Å². The molecule has 0 atom stereocenters. The number of pyridine rings is 1. The summed E-state index contributed by atoms with van der Waals surface area (Å²) in [5.74, 6) is 0.101. The Morgan fingerprint density at radius 3 is 2.56 bits per heavy atom. The van der Waals surface area contributed by atoms with E-state index in [0.717, 1.165) is 4.47 Å². The Bertz CT molecular complexity index is 404. The third kappa shape index (κ3) is 2.35. The van der Waals surface area contributed by atoms with Gasteiger partial charge in [-0.1, -0.05) is 0 Å². The lowest BCUT2D eigenvalue weighted by Crippen LogP contribution is -2.31. The molecular formula is C11H14BrNO3. The number of carbonyl (C=O) groups excluding carboxylic acids is 1. The van der Waals surface area contributed by atoms with Crippen molar-refractivity contribution in [3.63, 3.8) is 0 Å². The van der Waals surface area contributed by atoms with Crippen LogP contribution in [-0.4, -0.2) is 25.2 Å². The summed E-state index contributed by atoms with van der Waals surface area (Å²) in [5.41, 5.74) is -0.104. The molecule has 0 radical (unpaired) electrons. The summed E-state index contributed by atoms with van der Waals surface area (Å²) >= 11 is 3.32. The van der Waals surface area contributed by atoms with E-state index in [9.17, 15) is 4.79 Å². The Hall–Kier alpha value is -1.10. The van der Waals surface area contributed by atoms with Crippen molar-refractivity contribution >= 4 is 21.9 Å². The maximum Gasteiger partial charge on any atom is 0.315 e. The lowest BCUT2D eigenvalue weighted by molar-refractivity contribution is -0.146. The van der Waals surface area contributed by atoms with E-state index in [0.29, 0.717) is 11.4 Å². The zero-order valence-electron chi connectivity index (χ0n) is 9.70. The molecule has 1 rings (SSSR count). The third-order valence-corrected chi connectivity index (χ3v) is 2.81. The number of hydrogen-bond donors (Lipinski definition) is 0. The van der Waals surface area contributed by atoms with Crippen LogP contribution in [0.5, 0.6) is 5.88 Å². The highest BCUT2D eigenvalue weighted by molar-refractivity contribution is 9.10. The largest absolute Gasteiger partial charge is 0.481 e. The van der Waals surface area contributed by atoms with E-state index in [1.165, 1.54) is 14.2 Å². The lowest BCUT2D eigenvalue weighted by Gasteiger charge is -2.23. The van der Waals surface area contributed by atoms with Gasteiger partial charge in [0.25, 0.3) is 0 Å². The van der Waals surface area contributed by atoms with Gasteiger partial charge in [0.2, 0.25) is 5.88 Å². The van der Waals surface area contributed by atoms with Crippen molar-refractivity contribution in [1.82, 2.24) is 4.98 Å². The first kappa shape index (κ1) is 13.0. The summed E-state index contributed by atoms with van der Waals surface area (Å²) in [4.78, 5) is 15.8. The second kappa shape index (κ2) is 4.82. The van der Waals surface area contributed by atoms with Crippen LogP contribution >= 0.6 is 15.9 Å². The van der Waals surface area contributed by atoms with Crippen molar-refractivity contribution in [2.45, 2.75) is 19.3 Å². The van der Waals surface area contributed by atoms with Crippen molar-refractivity contribution in [3.8, 4) is 5.88 Å². The standard InChI is InChI=1S/C11H14BrNO3/c1-11(2,10(14)16-4)8-5-7(12)6-13-9(8)15-3/h5-6H,1-4H3. The molecule has 0 aliphatic carbocycles. The first-order valence-electron chi connectivity index (χ1n) is 4.72. The van der Waals surface area contributed by atoms with Gasteiger partial charge in [-0.3, -0.25) is 4.79 Å². The molecule has 0 aromatic carbocycles. The normalized spacial score (nSPS) is 11.1. The first-order chi connectivity index (χ1) is 7.43. The predicted molar refractivity (Wildman–Crippen MR) is 63.5 cm³/mol. The Labute approximate surface area is 103 Å². The van der Waals surface area contributed by atoms with Crippen molar-refractivity contribution in [2.75, 3.05) is 14.2 Å². The zero-order valence-corrected chi connectivity index (χ0v) is 11.3. The number of carbonyl (C=O) groups is 1. The maximum atomic E-state index is 11.7. The second-order valence-electron chi connectivity index (χ2n) is 3.83. The quantitative estimate of drug-likeness (QED) is 0.801. The SMILES string of the molecule is COC(=O)C(C)(C)c1cc(Br)cnc1OC. The Morgan fingerprint density at radius 1 is 1.44 bits per heavy atom. The van der Waals surface area contributed by atoms with E-state index in [2.05, 4.69) is 20.9 Å². The molecule has 0 amide bonds. The number of esters is 1. The highest BCUT2D eigenvalue weighted by atomic mass is 79.9. The van der Waals surface area contributed by atoms with Crippen LogP contribution in [0.2, 0.25) is 0 Å². The highest BCUT2D eigenvalue weighted by Crippen LogP contribution is 2.32. The zero-order chi connectivity index (χ0) is 12.3. The molecule has 0 spiro atoms. The van der Waals surface area contributed by atoms with E-state index in [1.807, 2.05) is 6.07 Å². The maximum absolute atomic E-state index is 11.7. The van der Waals surface area contributed by atoms with Gasteiger partial charge >= 0.3 is 5.97 Å². The van der Waals surface area contributed by atoms with E-state index in [1.54, 1.807) is 20.0 Å². The molecule has 0 bridgehead atoms. The minimum Gasteiger partial charge on any atom is -0.481 e. The fourth-order valence-electron chi connectivity index (χ4n) is 1.40. The monoisotopic (exact) mass is 287 g/mol. The van der Waals surface area contributed by atoms with Crippen LogP contribution in [0, 0.1) is 0 Å². The molecule has 88 valence electrons. The Balaban J connectivity index is 3.30. The van der Waals surface area contributed by atoms with Gasteiger partial charge in [0.05, 0.1) is 19.6 Å². The van der Waals surface area contributed by atoms with Crippen LogP contribution in [0.4, 0.5) is 0 Å². The number of ether oxygens (including phenoxy) is 2. The van der Waals surface area contributed by atoms with Crippen molar-refractivity contribution in [2.24, 2.45) is 0 Å². The molecule has 5 heteroatoms. The molecule has 1 heterocycles. The molecule has 4 nitrogen and oxygen atoms in total. The highest BCUT2D eigenvalue weighted by Gasteiger charge is 2.34. The molecule has 0 saturated heterocycles. The summed E-state index contributed by atoms with van der Waals surface area (Å²) in [7, 11) is 2.88. The van der Waals surface area contributed by atoms with Crippen LogP contribution in [0.1, 0.15) is 19.4 Å². The van der Waals surface area contributed by atoms with Gasteiger partial charge in [0, 0.05) is 16.2 Å². The number of rotatable bonds is 3. The minimum absolute atomic E-state index is 0.328. The van der Waals surface area contributed by atoms with Gasteiger partial charge in [0.15, 0.2) is 0 Å². The Morgan fingerprint density at radius 2 is 2.06 bits per heavy atom. The number of halogens is 1. The summed E-state index contributed by atoms with van der Waals surface area (Å²) in [6, 6.07) is 1.81. The summed E-state index contributed by atoms with van der Waals surface area (Å²) < 4.78 is 10.7. The predicted octanol–water partition coefficient (Wildman–Crippen LogP) is 2.30. The molecule has 0 aliphatic rings. The average Bonchev–Trinajstić information content (AvgIpc) is 2.27. The van der Waals surface area contributed by atoms with Crippen LogP contribution < -0.4 is 4.74 Å². The fraction of sp³-hybridized carbons (Fsp3) is 0.455. The molecule has 0 N–H and O–H groups in total. The molecule has 1 aromatic rings. The smallest absolute Gasteiger partial charge is 0.315 e. The van der Waals surface area contributed by atoms with Crippen LogP contribution in [0.25, 0.3) is 0 Å². The summed E-state index contributed by atoms with van der Waals surface area (Å²) in [6.45, 7) is 3.54. The van der Waals surface area contributed by atoms with Crippen molar-refractivity contribution in [3.05, 3.63) is 22.3 Å². The van der Waals surface area contributed by atoms with E-state index >= 15 is 0 Å². The molecule has 16 heavy (non-hydrogen) atoms. The number of hydrogen-bond acceptors (Lipinski definition) is 4. The molecule has 0 fully saturated rings. The van der Waals surface area contributed by atoms with Crippen LogP contribution in [0.3, 0.4) is 0 Å². The van der Waals surface area contributed by atoms with Crippen molar-refractivity contribution < 1.29 is 14.3 Å². The van der Waals surface area contributed by atoms with Gasteiger partial charge in [-0.15, -0.1) is 0 Å². The molecule has 0 unspecified atom stereocenters. The van der Waals surface area contributed by atoms with E-state index in [4.69, 9.17) is 9.47 Å². The summed E-state index contributed by atoms with van der Waals surface area (Å²) in [5, 5.41) is 0. The molecule has 0 aliphatic heterocycles. The molecule has 1 aromatic heterocycles. The van der Waals surface area contributed by atoms with Gasteiger partial charge in [-0.25, -0.2) is 4.98 Å². The summed E-state index contributed by atoms with van der Waals surface area (Å²) in [6.07, 6.45) is 1.62. The van der Waals surface area contributed by atoms with Crippen molar-refractivity contribution in [1.29, 1.82) is 0 Å². The van der Waals surface area contributed by atoms with Gasteiger partial charge in [-0.2, -0.15) is 0 Å². The van der Waals surface area contributed by atoms with Crippen LogP contribution in [0.15, 0.2) is 16.7 Å². The van der Waals surface area contributed by atoms with Gasteiger partial charge < -0.3 is 9.47 Å². The average molecular weight is 288 g/mol. The lowest BCUT2D eigenvalue weighted by atomic mass is 9.85. The fourth-order valence-corrected chi connectivity index (χ4v) is 1.73. The third-order valence-electron chi connectivity index (χ3n) is 2.38. The second-order valence-corrected chi connectivity index (χ2v) is 4.74. The van der Waals surface area contributed by atoms with Crippen LogP contribution in [-0.2, 0) is 14.9 Å². The Kier molecular flexibility index (Phi) is 3.91. The van der Waals surface area contributed by atoms with Gasteiger partial charge in [-0.05, 0) is 35.8 Å². The number of nitrogens with zero attached hydrogens (tertiary/aromatic N) is 1. The minimum atomic E-state index is -0.795. The van der Waals surface area contributed by atoms with E-state index in [-0.39, 0.29) is 5.97 Å². The molecule has 0 saturated carbocycles. The number of methoxy groups -OCH3 is 2. The number of aromatic nitrogens is 1. The topological polar surface area (TPSA) is 48.4 Å². The first-order valence-corrected chi connectivity index (χ1v) is 5.51. The van der Waals surface area contributed by atoms with E-state index < -0.39 is 5.41 Å².